The van der Waals surface area contributed by atoms with Crippen molar-refractivity contribution in [3.05, 3.63) is 71.8 Å². The van der Waals surface area contributed by atoms with E-state index >= 15 is 0 Å². The van der Waals surface area contributed by atoms with Crippen molar-refractivity contribution in [3.8, 4) is 6.07 Å². The topological polar surface area (TPSA) is 51.5 Å². The maximum atomic E-state index is 9.12. The van der Waals surface area contributed by atoms with Crippen LogP contribution in [0.3, 0.4) is 0 Å². The summed E-state index contributed by atoms with van der Waals surface area (Å²) in [6.45, 7) is 1.47. The van der Waals surface area contributed by atoms with Crippen LogP contribution in [-0.2, 0) is 27.4 Å². The molecule has 0 radical (unpaired) electrons. The number of hydrogen-bond donors (Lipinski definition) is 0. The van der Waals surface area contributed by atoms with E-state index in [0.717, 1.165) is 11.1 Å². The Bertz CT molecular complexity index is 654. The summed E-state index contributed by atoms with van der Waals surface area (Å²) < 4.78 is 17.5. The molecule has 0 saturated carbocycles. The van der Waals surface area contributed by atoms with Crippen molar-refractivity contribution >= 4 is 0 Å². The van der Waals surface area contributed by atoms with Crippen molar-refractivity contribution in [3.63, 3.8) is 0 Å². The molecule has 2 aromatic carbocycles. The average Bonchev–Trinajstić information content (AvgIpc) is 3.04. The Kier molecular flexibility index (Phi) is 5.97. The van der Waals surface area contributed by atoms with Gasteiger partial charge in [0, 0.05) is 6.42 Å². The zero-order valence-corrected chi connectivity index (χ0v) is 13.5. The monoisotopic (exact) mass is 323 g/mol. The molecule has 0 spiro atoms. The van der Waals surface area contributed by atoms with E-state index in [1.807, 2.05) is 60.7 Å². The van der Waals surface area contributed by atoms with Crippen molar-refractivity contribution < 1.29 is 14.2 Å². The van der Waals surface area contributed by atoms with E-state index in [9.17, 15) is 0 Å². The van der Waals surface area contributed by atoms with E-state index in [1.165, 1.54) is 0 Å². The summed E-state index contributed by atoms with van der Waals surface area (Å²) in [7, 11) is 0. The molecule has 1 fully saturated rings. The summed E-state index contributed by atoms with van der Waals surface area (Å²) in [5.41, 5.74) is 2.23. The lowest BCUT2D eigenvalue weighted by Gasteiger charge is -2.19. The van der Waals surface area contributed by atoms with E-state index < -0.39 is 6.10 Å². The van der Waals surface area contributed by atoms with Gasteiger partial charge in [-0.3, -0.25) is 0 Å². The second-order valence-electron chi connectivity index (χ2n) is 5.86. The number of nitrogens with zero attached hydrogens (tertiary/aromatic N) is 1. The zero-order chi connectivity index (χ0) is 16.6. The molecule has 1 heterocycles. The fourth-order valence-electron chi connectivity index (χ4n) is 2.77. The summed E-state index contributed by atoms with van der Waals surface area (Å²) >= 11 is 0. The third-order valence-electron chi connectivity index (χ3n) is 4.04. The summed E-state index contributed by atoms with van der Waals surface area (Å²) in [6.07, 6.45) is -0.160. The normalized spacial score (nSPS) is 23.0. The van der Waals surface area contributed by atoms with Crippen molar-refractivity contribution in [2.24, 2.45) is 0 Å². The minimum atomic E-state index is -0.420. The average molecular weight is 323 g/mol. The highest BCUT2D eigenvalue weighted by Gasteiger charge is 2.36. The van der Waals surface area contributed by atoms with Crippen LogP contribution in [0, 0.1) is 11.3 Å². The molecule has 3 atom stereocenters. The maximum Gasteiger partial charge on any atom is 0.147 e. The molecule has 0 N–H and O–H groups in total. The first-order chi connectivity index (χ1) is 11.8. The van der Waals surface area contributed by atoms with Crippen LogP contribution in [0.2, 0.25) is 0 Å². The Morgan fingerprint density at radius 1 is 0.958 bits per heavy atom. The van der Waals surface area contributed by atoms with E-state index in [1.54, 1.807) is 0 Å². The van der Waals surface area contributed by atoms with Crippen LogP contribution in [-0.4, -0.2) is 24.9 Å². The van der Waals surface area contributed by atoms with Gasteiger partial charge in [0.15, 0.2) is 0 Å². The van der Waals surface area contributed by atoms with Crippen LogP contribution in [0.5, 0.6) is 0 Å². The maximum absolute atomic E-state index is 9.12. The smallest absolute Gasteiger partial charge is 0.147 e. The van der Waals surface area contributed by atoms with E-state index in [-0.39, 0.29) is 12.2 Å². The molecular weight excluding hydrogens is 302 g/mol. The van der Waals surface area contributed by atoms with Gasteiger partial charge in [-0.15, -0.1) is 0 Å². The highest BCUT2D eigenvalue weighted by molar-refractivity contribution is 5.14. The predicted octanol–water partition coefficient (Wildman–Crippen LogP) is 3.47. The molecule has 0 bridgehead atoms. The van der Waals surface area contributed by atoms with Gasteiger partial charge in [0.05, 0.1) is 32.0 Å². The Morgan fingerprint density at radius 3 is 2.21 bits per heavy atom. The van der Waals surface area contributed by atoms with Crippen LogP contribution in [0.1, 0.15) is 17.5 Å². The molecule has 1 aliphatic heterocycles. The van der Waals surface area contributed by atoms with Gasteiger partial charge >= 0.3 is 0 Å². The van der Waals surface area contributed by atoms with Gasteiger partial charge in [-0.2, -0.15) is 5.26 Å². The molecule has 1 aliphatic rings. The summed E-state index contributed by atoms with van der Waals surface area (Å²) in [6, 6.07) is 22.2. The molecule has 4 heteroatoms. The van der Waals surface area contributed by atoms with Crippen molar-refractivity contribution in [1.82, 2.24) is 0 Å². The zero-order valence-electron chi connectivity index (χ0n) is 13.5. The quantitative estimate of drug-likeness (QED) is 0.783. The largest absolute Gasteiger partial charge is 0.374 e. The van der Waals surface area contributed by atoms with Gasteiger partial charge in [0.2, 0.25) is 0 Å². The first kappa shape index (κ1) is 16.7. The molecule has 0 unspecified atom stereocenters. The fourth-order valence-corrected chi connectivity index (χ4v) is 2.77. The van der Waals surface area contributed by atoms with Crippen molar-refractivity contribution in [1.29, 1.82) is 5.26 Å². The Hall–Kier alpha value is -2.19. The lowest BCUT2D eigenvalue weighted by atomic mass is 10.1. The van der Waals surface area contributed by atoms with E-state index in [4.69, 9.17) is 19.5 Å². The highest BCUT2D eigenvalue weighted by atomic mass is 16.6. The number of rotatable bonds is 7. The number of nitriles is 1. The second kappa shape index (κ2) is 8.60. The number of hydrogen-bond acceptors (Lipinski definition) is 4. The molecular formula is C20H21NO3. The molecule has 24 heavy (non-hydrogen) atoms. The number of ether oxygens (including phenoxy) is 3. The van der Waals surface area contributed by atoms with E-state index in [2.05, 4.69) is 6.07 Å². The molecule has 3 rings (SSSR count). The van der Waals surface area contributed by atoms with Gasteiger partial charge in [0.1, 0.15) is 12.2 Å². The van der Waals surface area contributed by atoms with Gasteiger partial charge in [-0.25, -0.2) is 0 Å². The predicted molar refractivity (Wildman–Crippen MR) is 90.0 cm³/mol. The lowest BCUT2D eigenvalue weighted by Crippen LogP contribution is -2.29. The lowest BCUT2D eigenvalue weighted by molar-refractivity contribution is -0.0652. The van der Waals surface area contributed by atoms with Crippen molar-refractivity contribution in [2.75, 3.05) is 6.61 Å². The Labute approximate surface area is 142 Å². The minimum Gasteiger partial charge on any atom is -0.374 e. The minimum absolute atomic E-state index is 0.120. The molecule has 124 valence electrons. The molecule has 0 aromatic heterocycles. The molecule has 4 nitrogen and oxygen atoms in total. The van der Waals surface area contributed by atoms with Gasteiger partial charge in [-0.1, -0.05) is 60.7 Å². The van der Waals surface area contributed by atoms with Crippen LogP contribution in [0.25, 0.3) is 0 Å². The van der Waals surface area contributed by atoms with Crippen LogP contribution in [0.15, 0.2) is 60.7 Å². The SMILES string of the molecule is N#C[C@H]1C[C@H](OCc2ccccc2)[C@@H](COCc2ccccc2)O1. The van der Waals surface area contributed by atoms with Crippen LogP contribution >= 0.6 is 0 Å². The summed E-state index contributed by atoms with van der Waals surface area (Å²) in [5.74, 6) is 0. The van der Waals surface area contributed by atoms with Gasteiger partial charge in [-0.05, 0) is 11.1 Å². The first-order valence-electron chi connectivity index (χ1n) is 8.17. The Morgan fingerprint density at radius 2 is 1.58 bits per heavy atom. The van der Waals surface area contributed by atoms with Crippen LogP contribution in [0.4, 0.5) is 0 Å². The number of benzene rings is 2. The highest BCUT2D eigenvalue weighted by Crippen LogP contribution is 2.24. The Balaban J connectivity index is 1.50. The second-order valence-corrected chi connectivity index (χ2v) is 5.86. The molecule has 1 saturated heterocycles. The molecule has 0 aliphatic carbocycles. The van der Waals surface area contributed by atoms with Gasteiger partial charge in [0.25, 0.3) is 0 Å². The molecule has 0 amide bonds. The standard InChI is InChI=1S/C20H21NO3/c21-12-18-11-19(23-14-17-9-5-2-6-10-17)20(24-18)15-22-13-16-7-3-1-4-8-16/h1-10,18-20H,11,13-15H2/t18-,19+,20-/m1/s1. The van der Waals surface area contributed by atoms with Crippen molar-refractivity contribution in [2.45, 2.75) is 37.9 Å². The summed E-state index contributed by atoms with van der Waals surface area (Å²) in [5, 5.41) is 9.12. The fraction of sp³-hybridized carbons (Fsp3) is 0.350. The molecule has 2 aromatic rings. The third-order valence-corrected chi connectivity index (χ3v) is 4.04. The van der Waals surface area contributed by atoms with Gasteiger partial charge < -0.3 is 14.2 Å². The van der Waals surface area contributed by atoms with Crippen LogP contribution < -0.4 is 0 Å². The summed E-state index contributed by atoms with van der Waals surface area (Å²) in [4.78, 5) is 0. The van der Waals surface area contributed by atoms with E-state index in [0.29, 0.717) is 26.2 Å². The first-order valence-corrected chi connectivity index (χ1v) is 8.17. The third kappa shape index (κ3) is 4.65.